The van der Waals surface area contributed by atoms with Gasteiger partial charge in [0, 0.05) is 11.1 Å². The molecule has 1 N–H and O–H groups in total. The number of sulfonamides is 1. The van der Waals surface area contributed by atoms with E-state index in [-0.39, 0.29) is 10.6 Å². The van der Waals surface area contributed by atoms with E-state index in [9.17, 15) is 13.2 Å². The van der Waals surface area contributed by atoms with E-state index in [1.807, 2.05) is 6.92 Å². The maximum atomic E-state index is 13.7. The number of carbonyl (C=O) groups is 1. The number of amides is 1. The topological polar surface area (TPSA) is 94.2 Å². The Hall–Kier alpha value is -3.43. The third-order valence-corrected chi connectivity index (χ3v) is 6.99. The number of nitrogens with zero attached hydrogens (tertiary/aromatic N) is 1. The Morgan fingerprint density at radius 2 is 1.50 bits per heavy atom. The van der Waals surface area contributed by atoms with Gasteiger partial charge in [-0.1, -0.05) is 29.3 Å². The lowest BCUT2D eigenvalue weighted by Crippen LogP contribution is -2.38. The van der Waals surface area contributed by atoms with Crippen molar-refractivity contribution in [2.24, 2.45) is 0 Å². The minimum Gasteiger partial charge on any atom is -0.495 e. The van der Waals surface area contributed by atoms with Gasteiger partial charge in [-0.2, -0.15) is 0 Å². The number of carbonyl (C=O) groups excluding carboxylic acids is 1. The van der Waals surface area contributed by atoms with Crippen molar-refractivity contribution < 1.29 is 27.4 Å². The average Bonchev–Trinajstić information content (AvgIpc) is 2.82. The molecular formula is C24H25ClN2O6S. The van der Waals surface area contributed by atoms with Crippen molar-refractivity contribution in [1.29, 1.82) is 0 Å². The second-order valence-corrected chi connectivity index (χ2v) is 9.56. The van der Waals surface area contributed by atoms with Crippen LogP contribution < -0.4 is 23.8 Å². The van der Waals surface area contributed by atoms with Crippen molar-refractivity contribution in [1.82, 2.24) is 0 Å². The van der Waals surface area contributed by atoms with E-state index in [1.165, 1.54) is 45.6 Å². The zero-order valence-electron chi connectivity index (χ0n) is 19.2. The number of rotatable bonds is 9. The summed E-state index contributed by atoms with van der Waals surface area (Å²) < 4.78 is 44.1. The van der Waals surface area contributed by atoms with Gasteiger partial charge in [0.05, 0.1) is 37.6 Å². The molecule has 0 aliphatic heterocycles. The molecule has 10 heteroatoms. The third kappa shape index (κ3) is 5.55. The number of methoxy groups -OCH3 is 3. The molecule has 0 heterocycles. The Bertz CT molecular complexity index is 1280. The summed E-state index contributed by atoms with van der Waals surface area (Å²) in [6.07, 6.45) is 0. The molecule has 3 aromatic carbocycles. The monoisotopic (exact) mass is 504 g/mol. The first-order chi connectivity index (χ1) is 16.2. The molecule has 0 bridgehead atoms. The molecule has 0 radical (unpaired) electrons. The highest BCUT2D eigenvalue weighted by Gasteiger charge is 2.28. The zero-order valence-corrected chi connectivity index (χ0v) is 20.7. The molecule has 0 spiro atoms. The van der Waals surface area contributed by atoms with E-state index >= 15 is 0 Å². The van der Waals surface area contributed by atoms with Crippen LogP contribution in [0.3, 0.4) is 0 Å². The largest absolute Gasteiger partial charge is 0.495 e. The second-order valence-electron chi connectivity index (χ2n) is 7.26. The molecule has 1 amide bonds. The Morgan fingerprint density at radius 1 is 0.882 bits per heavy atom. The molecule has 0 aliphatic rings. The number of benzene rings is 3. The molecule has 0 atom stereocenters. The Labute approximate surface area is 204 Å². The van der Waals surface area contributed by atoms with Gasteiger partial charge in [-0.25, -0.2) is 8.42 Å². The predicted octanol–water partition coefficient (Wildman–Crippen LogP) is 4.51. The summed E-state index contributed by atoms with van der Waals surface area (Å²) in [6.45, 7) is 1.39. The standard InChI is InChI=1S/C24H25ClN2O6S/c1-16-5-8-18(9-6-16)27(15-24(28)26-20-13-17(25)7-11-21(20)31-2)34(29,30)19-10-12-22(32-3)23(14-19)33-4/h5-14H,15H2,1-4H3,(H,26,28). The van der Waals surface area contributed by atoms with Crippen molar-refractivity contribution in [2.45, 2.75) is 11.8 Å². The van der Waals surface area contributed by atoms with Crippen LogP contribution in [0.1, 0.15) is 5.56 Å². The minimum absolute atomic E-state index is 0.0566. The molecule has 0 unspecified atom stereocenters. The van der Waals surface area contributed by atoms with E-state index in [1.54, 1.807) is 36.4 Å². The number of halogens is 1. The SMILES string of the molecule is COc1ccc(Cl)cc1NC(=O)CN(c1ccc(C)cc1)S(=O)(=O)c1ccc(OC)c(OC)c1. The highest BCUT2D eigenvalue weighted by atomic mass is 35.5. The van der Waals surface area contributed by atoms with Crippen molar-refractivity contribution in [3.63, 3.8) is 0 Å². The van der Waals surface area contributed by atoms with E-state index in [4.69, 9.17) is 25.8 Å². The lowest BCUT2D eigenvalue weighted by molar-refractivity contribution is -0.114. The molecule has 0 aromatic heterocycles. The molecule has 34 heavy (non-hydrogen) atoms. The smallest absolute Gasteiger partial charge is 0.264 e. The van der Waals surface area contributed by atoms with Crippen LogP contribution >= 0.6 is 11.6 Å². The molecule has 0 fully saturated rings. The van der Waals surface area contributed by atoms with Gasteiger partial charge in [0.1, 0.15) is 12.3 Å². The van der Waals surface area contributed by atoms with E-state index in [2.05, 4.69) is 5.32 Å². The Morgan fingerprint density at radius 3 is 2.12 bits per heavy atom. The van der Waals surface area contributed by atoms with Crippen LogP contribution in [0.2, 0.25) is 5.02 Å². The number of aryl methyl sites for hydroxylation is 1. The normalized spacial score (nSPS) is 11.0. The maximum Gasteiger partial charge on any atom is 0.264 e. The minimum atomic E-state index is -4.16. The molecule has 0 saturated carbocycles. The lowest BCUT2D eigenvalue weighted by Gasteiger charge is -2.25. The van der Waals surface area contributed by atoms with Gasteiger partial charge in [0.15, 0.2) is 11.5 Å². The van der Waals surface area contributed by atoms with Crippen molar-refractivity contribution in [3.8, 4) is 17.2 Å². The zero-order chi connectivity index (χ0) is 24.9. The summed E-state index contributed by atoms with van der Waals surface area (Å²) in [5.41, 5.74) is 1.60. The number of hydrogen-bond acceptors (Lipinski definition) is 6. The number of anilines is 2. The quantitative estimate of drug-likeness (QED) is 0.461. The van der Waals surface area contributed by atoms with E-state index in [0.717, 1.165) is 9.87 Å². The van der Waals surface area contributed by atoms with Gasteiger partial charge in [-0.15, -0.1) is 0 Å². The first kappa shape index (κ1) is 25.2. The molecule has 3 aromatic rings. The summed E-state index contributed by atoms with van der Waals surface area (Å²) in [5.74, 6) is 0.447. The number of nitrogens with one attached hydrogen (secondary N) is 1. The second kappa shape index (κ2) is 10.7. The van der Waals surface area contributed by atoms with Crippen LogP contribution in [-0.2, 0) is 14.8 Å². The highest BCUT2D eigenvalue weighted by Crippen LogP contribution is 2.33. The van der Waals surface area contributed by atoms with Gasteiger partial charge in [0.2, 0.25) is 5.91 Å². The predicted molar refractivity (Wildman–Crippen MR) is 132 cm³/mol. The molecule has 8 nitrogen and oxygen atoms in total. The van der Waals surface area contributed by atoms with Crippen molar-refractivity contribution >= 4 is 38.9 Å². The number of hydrogen-bond donors (Lipinski definition) is 1. The van der Waals surface area contributed by atoms with Crippen LogP contribution in [0.5, 0.6) is 17.2 Å². The summed E-state index contributed by atoms with van der Waals surface area (Å²) in [4.78, 5) is 12.9. The molecule has 0 aliphatic carbocycles. The van der Waals surface area contributed by atoms with Gasteiger partial charge in [-0.05, 0) is 49.4 Å². The number of ether oxygens (including phenoxy) is 3. The fraction of sp³-hybridized carbons (Fsp3) is 0.208. The van der Waals surface area contributed by atoms with Crippen molar-refractivity contribution in [2.75, 3.05) is 37.5 Å². The summed E-state index contributed by atoms with van der Waals surface area (Å²) in [5, 5.41) is 3.07. The van der Waals surface area contributed by atoms with Gasteiger partial charge in [-0.3, -0.25) is 9.10 Å². The summed E-state index contributed by atoms with van der Waals surface area (Å²) >= 11 is 6.04. The maximum absolute atomic E-state index is 13.7. The van der Waals surface area contributed by atoms with Crippen LogP contribution in [0, 0.1) is 6.92 Å². The summed E-state index contributed by atoms with van der Waals surface area (Å²) in [6, 6.07) is 15.8. The average molecular weight is 505 g/mol. The summed E-state index contributed by atoms with van der Waals surface area (Å²) in [7, 11) is 0.173. The lowest BCUT2D eigenvalue weighted by atomic mass is 10.2. The fourth-order valence-corrected chi connectivity index (χ4v) is 4.84. The van der Waals surface area contributed by atoms with Crippen LogP contribution in [0.4, 0.5) is 11.4 Å². The van der Waals surface area contributed by atoms with Gasteiger partial charge >= 0.3 is 0 Å². The van der Waals surface area contributed by atoms with E-state index < -0.39 is 22.5 Å². The van der Waals surface area contributed by atoms with Crippen LogP contribution in [-0.4, -0.2) is 42.2 Å². The molecule has 3 rings (SSSR count). The third-order valence-electron chi connectivity index (χ3n) is 4.99. The van der Waals surface area contributed by atoms with Gasteiger partial charge in [0.25, 0.3) is 10.0 Å². The molecule has 0 saturated heterocycles. The van der Waals surface area contributed by atoms with Crippen LogP contribution in [0.15, 0.2) is 65.6 Å². The van der Waals surface area contributed by atoms with Crippen LogP contribution in [0.25, 0.3) is 0 Å². The Kier molecular flexibility index (Phi) is 7.90. The van der Waals surface area contributed by atoms with E-state index in [0.29, 0.717) is 27.9 Å². The first-order valence-corrected chi connectivity index (χ1v) is 12.0. The van der Waals surface area contributed by atoms with Gasteiger partial charge < -0.3 is 19.5 Å². The fourth-order valence-electron chi connectivity index (χ4n) is 3.23. The molecule has 180 valence electrons. The Balaban J connectivity index is 2.00. The first-order valence-electron chi connectivity index (χ1n) is 10.1. The van der Waals surface area contributed by atoms with Crippen molar-refractivity contribution in [3.05, 3.63) is 71.2 Å². The molecular weight excluding hydrogens is 480 g/mol. The highest BCUT2D eigenvalue weighted by molar-refractivity contribution is 7.92.